The van der Waals surface area contributed by atoms with Crippen LogP contribution < -0.4 is 40.0 Å². The topological polar surface area (TPSA) is 90.0 Å². The highest BCUT2D eigenvalue weighted by molar-refractivity contribution is 7.87. The van der Waals surface area contributed by atoms with Crippen LogP contribution in [0.4, 0.5) is 0 Å². The highest BCUT2D eigenvalue weighted by Crippen LogP contribution is 2.55. The van der Waals surface area contributed by atoms with Crippen LogP contribution in [0, 0.1) is 0 Å². The molecule has 0 spiro atoms. The minimum absolute atomic E-state index is 0.300. The summed E-state index contributed by atoms with van der Waals surface area (Å²) in [7, 11) is -12.2. The van der Waals surface area contributed by atoms with E-state index in [1.807, 2.05) is 36.4 Å². The minimum atomic E-state index is -3.86. The summed E-state index contributed by atoms with van der Waals surface area (Å²) >= 11 is 0. The van der Waals surface area contributed by atoms with Gasteiger partial charge >= 0.3 is 20.2 Å². The van der Waals surface area contributed by atoms with Crippen molar-refractivity contribution in [3.8, 4) is 11.5 Å². The summed E-state index contributed by atoms with van der Waals surface area (Å²) in [6.45, 7) is 13.8. The Kier molecular flexibility index (Phi) is 22.2. The Morgan fingerprint density at radius 1 is 0.438 bits per heavy atom. The molecule has 4 rings (SSSR count). The molecule has 0 amide bonds. The molecule has 0 aliphatic heterocycles. The monoisotopic (exact) mass is 983 g/mol. The number of para-hydroxylation sites is 2. The lowest BCUT2D eigenvalue weighted by Crippen LogP contribution is -2.48. The molecule has 2 atom stereocenters. The summed E-state index contributed by atoms with van der Waals surface area (Å²) in [5.41, 5.74) is 0. The largest absolute Gasteiger partial charge is 0.382 e. The molecular formula is C51H79NO6P2S2Si2. The fourth-order valence-corrected chi connectivity index (χ4v) is 27.3. The zero-order valence-electron chi connectivity index (χ0n) is 40.6. The molecule has 0 aliphatic rings. The van der Waals surface area contributed by atoms with Gasteiger partial charge < -0.3 is 8.37 Å². The molecule has 0 N–H and O–H groups in total. The highest BCUT2D eigenvalue weighted by Gasteiger charge is 2.37. The first kappa shape index (κ1) is 54.2. The molecule has 4 aromatic rings. The van der Waals surface area contributed by atoms with Crippen molar-refractivity contribution in [1.82, 2.24) is 4.44 Å². The van der Waals surface area contributed by atoms with Gasteiger partial charge in [-0.3, -0.25) is 0 Å². The molecule has 0 heterocycles. The first-order chi connectivity index (χ1) is 30.6. The van der Waals surface area contributed by atoms with Crippen LogP contribution in [0.15, 0.2) is 97.1 Å². The molecule has 0 bridgehead atoms. The van der Waals surface area contributed by atoms with Crippen molar-refractivity contribution in [2.75, 3.05) is 19.6 Å². The van der Waals surface area contributed by atoms with Crippen LogP contribution in [0.25, 0.3) is 0 Å². The van der Waals surface area contributed by atoms with Gasteiger partial charge in [0.1, 0.15) is 0 Å². The van der Waals surface area contributed by atoms with Crippen molar-refractivity contribution < 1.29 is 25.2 Å². The second-order valence-electron chi connectivity index (χ2n) is 17.9. The van der Waals surface area contributed by atoms with E-state index in [4.69, 9.17) is 8.37 Å². The molecular weight excluding hydrogens is 905 g/mol. The standard InChI is InChI=1S/C51H79NO6P2S2Si2/c1-10-16-38-63(39-17-11-2,40-18-12-3)46-34-30-44(31-35-46)59(50-28-24-22-26-48(50)57-61(8,53)54)52(7)60(51-29-25-23-27-49(51)58-62(9,55)56)45-32-36-47(37-33-45)64(41-19-13-4,42-20-14-5)43-21-15-6/h22-37H,10-21,38-43H2,1-9H3. The molecule has 0 radical (unpaired) electrons. The molecule has 0 fully saturated rings. The Morgan fingerprint density at radius 3 is 0.953 bits per heavy atom. The molecule has 0 aliphatic carbocycles. The minimum Gasteiger partial charge on any atom is -0.382 e. The number of benzene rings is 4. The average Bonchev–Trinajstić information content (AvgIpc) is 3.27. The Labute approximate surface area is 394 Å². The first-order valence-electron chi connectivity index (χ1n) is 24.1. The number of hydrogen-bond acceptors (Lipinski definition) is 7. The normalized spacial score (nSPS) is 13.5. The van der Waals surface area contributed by atoms with E-state index in [2.05, 4.69) is 102 Å². The van der Waals surface area contributed by atoms with Crippen molar-refractivity contribution in [3.63, 3.8) is 0 Å². The van der Waals surface area contributed by atoms with Crippen molar-refractivity contribution in [2.45, 2.75) is 155 Å². The van der Waals surface area contributed by atoms with Gasteiger partial charge in [0, 0.05) is 26.8 Å². The summed E-state index contributed by atoms with van der Waals surface area (Å²) in [5.74, 6) is 0.600. The van der Waals surface area contributed by atoms with Crippen LogP contribution in [0.1, 0.15) is 119 Å². The van der Waals surface area contributed by atoms with Gasteiger partial charge in [-0.1, -0.05) is 238 Å². The molecule has 2 unspecified atom stereocenters. The second kappa shape index (κ2) is 26.2. The van der Waals surface area contributed by atoms with Gasteiger partial charge in [-0.15, -0.1) is 0 Å². The van der Waals surface area contributed by atoms with Crippen LogP contribution in [-0.4, -0.2) is 57.0 Å². The summed E-state index contributed by atoms with van der Waals surface area (Å²) in [6.07, 6.45) is 16.8. The summed E-state index contributed by atoms with van der Waals surface area (Å²) in [4.78, 5) is 0. The molecule has 354 valence electrons. The zero-order valence-corrected chi connectivity index (χ0v) is 46.0. The van der Waals surface area contributed by atoms with Gasteiger partial charge in [-0.25, -0.2) is 4.44 Å². The summed E-state index contributed by atoms with van der Waals surface area (Å²) in [6, 6.07) is 41.5. The maximum Gasteiger partial charge on any atom is 0.306 e. The maximum absolute atomic E-state index is 12.9. The lowest BCUT2D eigenvalue weighted by molar-refractivity contribution is 0.493. The fourth-order valence-electron chi connectivity index (χ4n) is 9.36. The molecule has 64 heavy (non-hydrogen) atoms. The third kappa shape index (κ3) is 15.3. The molecule has 0 aromatic heterocycles. The molecule has 0 saturated carbocycles. The van der Waals surface area contributed by atoms with Crippen LogP contribution >= 0.6 is 16.1 Å². The number of unbranched alkanes of at least 4 members (excludes halogenated alkanes) is 6. The predicted molar refractivity (Wildman–Crippen MR) is 286 cm³/mol. The number of rotatable bonds is 30. The predicted octanol–water partition coefficient (Wildman–Crippen LogP) is 11.8. The number of hydrogen-bond donors (Lipinski definition) is 0. The van der Waals surface area contributed by atoms with Crippen LogP contribution in [-0.2, 0) is 20.2 Å². The zero-order chi connectivity index (χ0) is 46.8. The van der Waals surface area contributed by atoms with Crippen molar-refractivity contribution in [1.29, 1.82) is 0 Å². The van der Waals surface area contributed by atoms with Crippen LogP contribution in [0.5, 0.6) is 11.5 Å². The maximum atomic E-state index is 12.9. The lowest BCUT2D eigenvalue weighted by Gasteiger charge is -2.38. The van der Waals surface area contributed by atoms with E-state index in [0.29, 0.717) is 11.5 Å². The van der Waals surface area contributed by atoms with Gasteiger partial charge in [0.05, 0.1) is 28.7 Å². The van der Waals surface area contributed by atoms with E-state index in [-0.39, 0.29) is 0 Å². The smallest absolute Gasteiger partial charge is 0.306 e. The van der Waals surface area contributed by atoms with E-state index in [9.17, 15) is 16.8 Å². The van der Waals surface area contributed by atoms with Gasteiger partial charge in [0.15, 0.2) is 11.5 Å². The third-order valence-corrected chi connectivity index (χ3v) is 30.2. The summed E-state index contributed by atoms with van der Waals surface area (Å²) < 4.78 is 65.5. The van der Waals surface area contributed by atoms with E-state index in [0.717, 1.165) is 33.7 Å². The van der Waals surface area contributed by atoms with E-state index >= 15 is 0 Å². The highest BCUT2D eigenvalue weighted by atomic mass is 32.2. The Bertz CT molecular complexity index is 2030. The second-order valence-corrected chi connectivity index (χ2v) is 35.1. The molecule has 4 aromatic carbocycles. The first-order valence-corrected chi connectivity index (χ1v) is 35.6. The molecule has 7 nitrogen and oxygen atoms in total. The Hall–Kier alpha value is -2.37. The Balaban J connectivity index is 2.03. The molecule has 0 saturated heterocycles. The molecule has 13 heteroatoms. The van der Waals surface area contributed by atoms with Crippen molar-refractivity contribution >= 4 is 84.1 Å². The van der Waals surface area contributed by atoms with Crippen molar-refractivity contribution in [2.24, 2.45) is 0 Å². The lowest BCUT2D eigenvalue weighted by atomic mass is 10.3. The fraction of sp³-hybridized carbons (Fsp3) is 0.529. The van der Waals surface area contributed by atoms with Gasteiger partial charge in [0.25, 0.3) is 0 Å². The quantitative estimate of drug-likeness (QED) is 0.0292. The summed E-state index contributed by atoms with van der Waals surface area (Å²) in [5, 5.41) is 6.73. The SMILES string of the molecule is CCCC[Si](CCCC)(CCCC)c1ccc(P(c2ccccc2OS(C)(=O)=O)N(C)P(c2ccc([Si](CCCC)(CCCC)CCCC)cc2)c2ccccc2OS(C)(=O)=O)cc1. The number of nitrogens with zero attached hydrogens (tertiary/aromatic N) is 1. The van der Waals surface area contributed by atoms with E-state index < -0.39 is 52.5 Å². The van der Waals surface area contributed by atoms with Crippen LogP contribution in [0.2, 0.25) is 36.3 Å². The van der Waals surface area contributed by atoms with E-state index in [1.165, 1.54) is 124 Å². The third-order valence-electron chi connectivity index (χ3n) is 12.7. The van der Waals surface area contributed by atoms with Gasteiger partial charge in [-0.2, -0.15) is 16.8 Å². The van der Waals surface area contributed by atoms with Crippen LogP contribution in [0.3, 0.4) is 0 Å². The Morgan fingerprint density at radius 2 is 0.703 bits per heavy atom. The van der Waals surface area contributed by atoms with Gasteiger partial charge in [0.2, 0.25) is 0 Å². The van der Waals surface area contributed by atoms with Crippen molar-refractivity contribution in [3.05, 3.63) is 97.1 Å². The van der Waals surface area contributed by atoms with Gasteiger partial charge in [-0.05, 0) is 41.9 Å². The van der Waals surface area contributed by atoms with E-state index in [1.54, 1.807) is 12.1 Å². The average molecular weight is 984 g/mol.